The van der Waals surface area contributed by atoms with Crippen molar-refractivity contribution in [2.75, 3.05) is 18.2 Å². The van der Waals surface area contributed by atoms with Crippen molar-refractivity contribution in [3.63, 3.8) is 0 Å². The Morgan fingerprint density at radius 2 is 2.16 bits per heavy atom. The van der Waals surface area contributed by atoms with Crippen LogP contribution in [-0.2, 0) is 11.3 Å². The first kappa shape index (κ1) is 17.0. The zero-order chi connectivity index (χ0) is 17.6. The summed E-state index contributed by atoms with van der Waals surface area (Å²) < 4.78 is 11.7. The van der Waals surface area contributed by atoms with Crippen LogP contribution in [0.4, 0.5) is 5.88 Å². The number of carbonyl (C=O) groups excluding carboxylic acids is 1. The van der Waals surface area contributed by atoms with Gasteiger partial charge in [0, 0.05) is 6.07 Å². The molecule has 130 valence electrons. The third kappa shape index (κ3) is 4.57. The Labute approximate surface area is 147 Å². The molecule has 1 amide bonds. The fourth-order valence-corrected chi connectivity index (χ4v) is 2.71. The van der Waals surface area contributed by atoms with Crippen LogP contribution in [0.3, 0.4) is 0 Å². The Bertz CT molecular complexity index is 845. The molecule has 0 aliphatic heterocycles. The lowest BCUT2D eigenvalue weighted by molar-refractivity contribution is -0.113. The molecule has 0 fully saturated rings. The van der Waals surface area contributed by atoms with Crippen LogP contribution >= 0.6 is 11.8 Å². The van der Waals surface area contributed by atoms with E-state index in [0.717, 1.165) is 11.3 Å². The number of aromatic nitrogens is 5. The first-order valence-electron chi connectivity index (χ1n) is 7.39. The summed E-state index contributed by atoms with van der Waals surface area (Å²) in [5.74, 6) is 1.04. The maximum Gasteiger partial charge on any atom is 0.237 e. The van der Waals surface area contributed by atoms with Gasteiger partial charge in [0.2, 0.25) is 16.9 Å². The number of ether oxygens (including phenoxy) is 1. The number of nitrogens with zero attached hydrogens (tertiary/aromatic N) is 5. The van der Waals surface area contributed by atoms with Gasteiger partial charge in [-0.3, -0.25) is 10.1 Å². The van der Waals surface area contributed by atoms with Gasteiger partial charge in [-0.1, -0.05) is 29.1 Å². The Hall–Kier alpha value is -2.88. The van der Waals surface area contributed by atoms with E-state index in [4.69, 9.17) is 9.26 Å². The lowest BCUT2D eigenvalue weighted by Crippen LogP contribution is -2.14. The molecule has 0 aliphatic rings. The van der Waals surface area contributed by atoms with E-state index in [1.165, 1.54) is 11.8 Å². The van der Waals surface area contributed by atoms with Gasteiger partial charge in [0.25, 0.3) is 0 Å². The number of rotatable bonds is 7. The van der Waals surface area contributed by atoms with Gasteiger partial charge < -0.3 is 9.26 Å². The number of thioether (sulfide) groups is 1. The zero-order valence-electron chi connectivity index (χ0n) is 13.7. The fraction of sp³-hybridized carbons (Fsp3) is 0.267. The molecule has 2 aromatic heterocycles. The molecule has 0 atom stereocenters. The maximum absolute atomic E-state index is 11.9. The summed E-state index contributed by atoms with van der Waals surface area (Å²) >= 11 is 1.24. The second-order valence-corrected chi connectivity index (χ2v) is 6.08. The molecular formula is C15H16N6O3S. The van der Waals surface area contributed by atoms with E-state index in [1.54, 1.807) is 24.8 Å². The number of nitrogens with one attached hydrogen (secondary N) is 1. The number of hydrogen-bond donors (Lipinski definition) is 1. The van der Waals surface area contributed by atoms with E-state index >= 15 is 0 Å². The lowest BCUT2D eigenvalue weighted by atomic mass is 10.2. The fourth-order valence-electron chi connectivity index (χ4n) is 2.03. The van der Waals surface area contributed by atoms with Gasteiger partial charge in [-0.15, -0.1) is 5.10 Å². The van der Waals surface area contributed by atoms with Gasteiger partial charge in [0.1, 0.15) is 5.75 Å². The smallest absolute Gasteiger partial charge is 0.237 e. The second-order valence-electron chi connectivity index (χ2n) is 5.14. The van der Waals surface area contributed by atoms with Crippen LogP contribution in [-0.4, -0.2) is 44.1 Å². The first-order valence-corrected chi connectivity index (χ1v) is 8.37. The summed E-state index contributed by atoms with van der Waals surface area (Å²) in [4.78, 5) is 11.9. The van der Waals surface area contributed by atoms with Crippen molar-refractivity contribution in [1.82, 2.24) is 25.4 Å². The molecule has 3 aromatic rings. The van der Waals surface area contributed by atoms with Crippen LogP contribution in [0.25, 0.3) is 0 Å². The average molecular weight is 360 g/mol. The van der Waals surface area contributed by atoms with E-state index in [-0.39, 0.29) is 11.7 Å². The molecule has 0 spiro atoms. The average Bonchev–Trinajstić information content (AvgIpc) is 3.22. The molecule has 9 nitrogen and oxygen atoms in total. The zero-order valence-corrected chi connectivity index (χ0v) is 14.5. The molecule has 25 heavy (non-hydrogen) atoms. The van der Waals surface area contributed by atoms with Gasteiger partial charge in [-0.25, -0.2) is 4.68 Å². The Morgan fingerprint density at radius 3 is 2.84 bits per heavy atom. The Morgan fingerprint density at radius 1 is 1.36 bits per heavy atom. The highest BCUT2D eigenvalue weighted by atomic mass is 32.2. The van der Waals surface area contributed by atoms with E-state index in [2.05, 4.69) is 26.0 Å². The molecule has 0 radical (unpaired) electrons. The molecule has 1 aromatic carbocycles. The standard InChI is InChI=1S/C15H16N6O3S/c1-10-7-14(24-18-10)16-13(22)9-25-15-17-19-20-21(15)8-11-3-5-12(23-2)6-4-11/h3-7H,8-9H2,1-2H3,(H,16,22). The Kier molecular flexibility index (Phi) is 5.29. The van der Waals surface area contributed by atoms with Crippen LogP contribution in [0, 0.1) is 6.92 Å². The minimum absolute atomic E-state index is 0.155. The van der Waals surface area contributed by atoms with Crippen molar-refractivity contribution in [3.05, 3.63) is 41.6 Å². The van der Waals surface area contributed by atoms with Crippen molar-refractivity contribution in [3.8, 4) is 5.75 Å². The van der Waals surface area contributed by atoms with Gasteiger partial charge in [-0.05, 0) is 35.0 Å². The maximum atomic E-state index is 11.9. The molecule has 0 unspecified atom stereocenters. The van der Waals surface area contributed by atoms with Gasteiger partial charge in [0.05, 0.1) is 25.1 Å². The summed E-state index contributed by atoms with van der Waals surface area (Å²) in [5.41, 5.74) is 1.72. The van der Waals surface area contributed by atoms with E-state index in [9.17, 15) is 4.79 Å². The highest BCUT2D eigenvalue weighted by Gasteiger charge is 2.12. The largest absolute Gasteiger partial charge is 0.497 e. The van der Waals surface area contributed by atoms with Crippen molar-refractivity contribution >= 4 is 23.6 Å². The molecule has 0 saturated carbocycles. The third-order valence-corrected chi connectivity index (χ3v) is 4.17. The number of tetrazole rings is 1. The predicted molar refractivity (Wildman–Crippen MR) is 90.5 cm³/mol. The van der Waals surface area contributed by atoms with Crippen LogP contribution in [0.15, 0.2) is 40.0 Å². The topological polar surface area (TPSA) is 108 Å². The minimum atomic E-state index is -0.222. The highest BCUT2D eigenvalue weighted by molar-refractivity contribution is 7.99. The highest BCUT2D eigenvalue weighted by Crippen LogP contribution is 2.17. The summed E-state index contributed by atoms with van der Waals surface area (Å²) in [6.45, 7) is 2.28. The Balaban J connectivity index is 1.56. The number of carbonyl (C=O) groups is 1. The van der Waals surface area contributed by atoms with Gasteiger partial charge in [0.15, 0.2) is 0 Å². The summed E-state index contributed by atoms with van der Waals surface area (Å²) in [7, 11) is 1.62. The molecule has 2 heterocycles. The van der Waals surface area contributed by atoms with Crippen LogP contribution < -0.4 is 10.1 Å². The van der Waals surface area contributed by atoms with Crippen LogP contribution in [0.2, 0.25) is 0 Å². The number of methoxy groups -OCH3 is 1. The normalized spacial score (nSPS) is 10.6. The molecule has 3 rings (SSSR count). The molecule has 0 saturated heterocycles. The third-order valence-electron chi connectivity index (χ3n) is 3.21. The number of hydrogen-bond acceptors (Lipinski definition) is 8. The molecule has 1 N–H and O–H groups in total. The van der Waals surface area contributed by atoms with Crippen LogP contribution in [0.1, 0.15) is 11.3 Å². The number of anilines is 1. The van der Waals surface area contributed by atoms with Crippen molar-refractivity contribution in [2.24, 2.45) is 0 Å². The lowest BCUT2D eigenvalue weighted by Gasteiger charge is -2.05. The van der Waals surface area contributed by atoms with E-state index in [1.807, 2.05) is 24.3 Å². The van der Waals surface area contributed by atoms with Gasteiger partial charge in [-0.2, -0.15) is 0 Å². The second kappa shape index (κ2) is 7.79. The summed E-state index contributed by atoms with van der Waals surface area (Å²) in [6, 6.07) is 9.27. The number of aryl methyl sites for hydroxylation is 1. The van der Waals surface area contributed by atoms with Crippen LogP contribution in [0.5, 0.6) is 5.75 Å². The number of benzene rings is 1. The first-order chi connectivity index (χ1) is 12.1. The van der Waals surface area contributed by atoms with Crippen molar-refractivity contribution < 1.29 is 14.1 Å². The molecule has 0 bridgehead atoms. The molecular weight excluding hydrogens is 344 g/mol. The number of amides is 1. The SMILES string of the molecule is COc1ccc(Cn2nnnc2SCC(=O)Nc2cc(C)no2)cc1. The van der Waals surface area contributed by atoms with E-state index < -0.39 is 0 Å². The quantitative estimate of drug-likeness (QED) is 0.635. The van der Waals surface area contributed by atoms with Crippen molar-refractivity contribution in [2.45, 2.75) is 18.6 Å². The summed E-state index contributed by atoms with van der Waals surface area (Å²) in [6.07, 6.45) is 0. The predicted octanol–water partition coefficient (Wildman–Crippen LogP) is 1.76. The van der Waals surface area contributed by atoms with Crippen molar-refractivity contribution in [1.29, 1.82) is 0 Å². The summed E-state index contributed by atoms with van der Waals surface area (Å²) in [5, 5.41) is 18.5. The minimum Gasteiger partial charge on any atom is -0.497 e. The molecule has 10 heteroatoms. The molecule has 0 aliphatic carbocycles. The monoisotopic (exact) mass is 360 g/mol. The van der Waals surface area contributed by atoms with E-state index in [0.29, 0.717) is 23.3 Å². The van der Waals surface area contributed by atoms with Gasteiger partial charge >= 0.3 is 0 Å².